The van der Waals surface area contributed by atoms with Crippen molar-refractivity contribution in [3.63, 3.8) is 0 Å². The summed E-state index contributed by atoms with van der Waals surface area (Å²) in [5, 5.41) is 0. The summed E-state index contributed by atoms with van der Waals surface area (Å²) in [5.74, 6) is 0.719. The molecule has 1 aliphatic carbocycles. The first kappa shape index (κ1) is 12.1. The molecule has 1 aromatic rings. The van der Waals surface area contributed by atoms with Gasteiger partial charge in [0.05, 0.1) is 12.7 Å². The van der Waals surface area contributed by atoms with Gasteiger partial charge in [0.25, 0.3) is 0 Å². The maximum atomic E-state index is 11.8. The van der Waals surface area contributed by atoms with Gasteiger partial charge in [-0.25, -0.2) is 0 Å². The number of carbonyl (C=O) groups excluding carboxylic acids is 1. The minimum absolute atomic E-state index is 0.0419. The van der Waals surface area contributed by atoms with Crippen LogP contribution in [-0.2, 0) is 4.74 Å². The van der Waals surface area contributed by atoms with Crippen LogP contribution in [0.3, 0.4) is 0 Å². The van der Waals surface area contributed by atoms with Crippen LogP contribution in [0.25, 0.3) is 0 Å². The fraction of sp³-hybridized carbons (Fsp3) is 0.462. The third-order valence-electron chi connectivity index (χ3n) is 2.48. The number of hydrogen-bond donors (Lipinski definition) is 1. The van der Waals surface area contributed by atoms with Crippen molar-refractivity contribution in [2.45, 2.75) is 18.9 Å². The molecule has 2 rings (SSSR count). The van der Waals surface area contributed by atoms with Crippen LogP contribution in [0.4, 0.5) is 0 Å². The summed E-state index contributed by atoms with van der Waals surface area (Å²) in [6, 6.07) is 7.24. The molecule has 1 fully saturated rings. The molecular formula is C13H17NO3. The van der Waals surface area contributed by atoms with Crippen LogP contribution >= 0.6 is 0 Å². The van der Waals surface area contributed by atoms with E-state index in [1.54, 1.807) is 12.1 Å². The molecule has 1 aromatic carbocycles. The summed E-state index contributed by atoms with van der Waals surface area (Å²) < 4.78 is 10.7. The molecule has 0 aromatic heterocycles. The lowest BCUT2D eigenvalue weighted by molar-refractivity contribution is 0.0773. The van der Waals surface area contributed by atoms with Gasteiger partial charge in [0.1, 0.15) is 12.4 Å². The maximum absolute atomic E-state index is 11.8. The van der Waals surface area contributed by atoms with Gasteiger partial charge in [0.15, 0.2) is 5.78 Å². The summed E-state index contributed by atoms with van der Waals surface area (Å²) in [4.78, 5) is 11.8. The maximum Gasteiger partial charge on any atom is 0.188 e. The number of hydrogen-bond acceptors (Lipinski definition) is 4. The first-order valence-electron chi connectivity index (χ1n) is 5.87. The van der Waals surface area contributed by atoms with Crippen molar-refractivity contribution in [2.24, 2.45) is 5.73 Å². The van der Waals surface area contributed by atoms with E-state index in [2.05, 4.69) is 0 Å². The lowest BCUT2D eigenvalue weighted by atomic mass is 10.1. The van der Waals surface area contributed by atoms with E-state index in [0.717, 1.165) is 18.6 Å². The molecule has 4 nitrogen and oxygen atoms in total. The zero-order chi connectivity index (χ0) is 12.1. The van der Waals surface area contributed by atoms with Crippen molar-refractivity contribution >= 4 is 5.78 Å². The highest BCUT2D eigenvalue weighted by Crippen LogP contribution is 2.27. The van der Waals surface area contributed by atoms with E-state index >= 15 is 0 Å². The molecule has 0 amide bonds. The van der Waals surface area contributed by atoms with E-state index in [0.29, 0.717) is 24.8 Å². The molecule has 4 heteroatoms. The fourth-order valence-corrected chi connectivity index (χ4v) is 1.45. The SMILES string of the molecule is NCCOCC(=O)c1cccc(OC2CC2)c1. The van der Waals surface area contributed by atoms with Crippen molar-refractivity contribution in [2.75, 3.05) is 19.8 Å². The normalized spacial score (nSPS) is 14.6. The number of nitrogens with two attached hydrogens (primary N) is 1. The molecule has 0 bridgehead atoms. The van der Waals surface area contributed by atoms with E-state index in [-0.39, 0.29) is 12.4 Å². The number of rotatable bonds is 7. The van der Waals surface area contributed by atoms with E-state index in [1.165, 1.54) is 0 Å². The highest BCUT2D eigenvalue weighted by Gasteiger charge is 2.23. The Morgan fingerprint density at radius 2 is 2.24 bits per heavy atom. The molecular weight excluding hydrogens is 218 g/mol. The second kappa shape index (κ2) is 5.80. The molecule has 0 aliphatic heterocycles. The highest BCUT2D eigenvalue weighted by molar-refractivity contribution is 5.97. The highest BCUT2D eigenvalue weighted by atomic mass is 16.5. The van der Waals surface area contributed by atoms with Crippen molar-refractivity contribution in [1.82, 2.24) is 0 Å². The number of Topliss-reactive ketones (excluding diaryl/α,β-unsaturated/α-hetero) is 1. The second-order valence-corrected chi connectivity index (χ2v) is 4.11. The lowest BCUT2D eigenvalue weighted by Crippen LogP contribution is -2.14. The Labute approximate surface area is 101 Å². The summed E-state index contributed by atoms with van der Waals surface area (Å²) in [5.41, 5.74) is 5.91. The molecule has 17 heavy (non-hydrogen) atoms. The summed E-state index contributed by atoms with van der Waals surface area (Å²) in [6.07, 6.45) is 2.56. The van der Waals surface area contributed by atoms with Crippen LogP contribution < -0.4 is 10.5 Å². The van der Waals surface area contributed by atoms with Gasteiger partial charge in [-0.3, -0.25) is 4.79 Å². The number of carbonyl (C=O) groups is 1. The predicted octanol–water partition coefficient (Wildman–Crippen LogP) is 1.39. The molecule has 0 spiro atoms. The number of ether oxygens (including phenoxy) is 2. The molecule has 0 radical (unpaired) electrons. The smallest absolute Gasteiger partial charge is 0.188 e. The molecule has 1 aliphatic rings. The minimum atomic E-state index is -0.0419. The van der Waals surface area contributed by atoms with Gasteiger partial charge in [-0.15, -0.1) is 0 Å². The Kier molecular flexibility index (Phi) is 4.12. The van der Waals surface area contributed by atoms with Gasteiger partial charge in [0, 0.05) is 12.1 Å². The second-order valence-electron chi connectivity index (χ2n) is 4.11. The third-order valence-corrected chi connectivity index (χ3v) is 2.48. The standard InChI is InChI=1S/C13H17NO3/c14-6-7-16-9-13(15)10-2-1-3-12(8-10)17-11-4-5-11/h1-3,8,11H,4-7,9,14H2. The van der Waals surface area contributed by atoms with Gasteiger partial charge in [-0.2, -0.15) is 0 Å². The lowest BCUT2D eigenvalue weighted by Gasteiger charge is -2.06. The molecule has 0 heterocycles. The fourth-order valence-electron chi connectivity index (χ4n) is 1.45. The van der Waals surface area contributed by atoms with Crippen LogP contribution in [0.1, 0.15) is 23.2 Å². The van der Waals surface area contributed by atoms with Crippen LogP contribution in [0.5, 0.6) is 5.75 Å². The first-order chi connectivity index (χ1) is 8.29. The van der Waals surface area contributed by atoms with Gasteiger partial charge >= 0.3 is 0 Å². The van der Waals surface area contributed by atoms with Crippen LogP contribution in [0.15, 0.2) is 24.3 Å². The van der Waals surface area contributed by atoms with E-state index in [1.807, 2.05) is 12.1 Å². The largest absolute Gasteiger partial charge is 0.490 e. The average molecular weight is 235 g/mol. The van der Waals surface area contributed by atoms with Gasteiger partial charge < -0.3 is 15.2 Å². The van der Waals surface area contributed by atoms with Crippen molar-refractivity contribution in [1.29, 1.82) is 0 Å². The quantitative estimate of drug-likeness (QED) is 0.573. The molecule has 0 atom stereocenters. The Morgan fingerprint density at radius 1 is 1.41 bits per heavy atom. The average Bonchev–Trinajstić information content (AvgIpc) is 3.13. The Hall–Kier alpha value is -1.39. The molecule has 2 N–H and O–H groups in total. The number of ketones is 1. The zero-order valence-corrected chi connectivity index (χ0v) is 9.72. The van der Waals surface area contributed by atoms with Gasteiger partial charge in [0.2, 0.25) is 0 Å². The molecule has 92 valence electrons. The molecule has 0 saturated heterocycles. The Balaban J connectivity index is 1.91. The molecule has 0 unspecified atom stereocenters. The topological polar surface area (TPSA) is 61.5 Å². The minimum Gasteiger partial charge on any atom is -0.490 e. The van der Waals surface area contributed by atoms with Crippen molar-refractivity contribution < 1.29 is 14.3 Å². The van der Waals surface area contributed by atoms with Crippen LogP contribution in [-0.4, -0.2) is 31.6 Å². The molecule has 1 saturated carbocycles. The summed E-state index contributed by atoms with van der Waals surface area (Å²) in [7, 11) is 0. The van der Waals surface area contributed by atoms with E-state index < -0.39 is 0 Å². The van der Waals surface area contributed by atoms with E-state index in [4.69, 9.17) is 15.2 Å². The zero-order valence-electron chi connectivity index (χ0n) is 9.72. The van der Waals surface area contributed by atoms with Crippen molar-refractivity contribution in [3.8, 4) is 5.75 Å². The third kappa shape index (κ3) is 3.84. The van der Waals surface area contributed by atoms with Crippen LogP contribution in [0.2, 0.25) is 0 Å². The Bertz CT molecular complexity index is 388. The van der Waals surface area contributed by atoms with Crippen LogP contribution in [0, 0.1) is 0 Å². The number of benzene rings is 1. The van der Waals surface area contributed by atoms with Crippen molar-refractivity contribution in [3.05, 3.63) is 29.8 Å². The first-order valence-corrected chi connectivity index (χ1v) is 5.87. The van der Waals surface area contributed by atoms with Gasteiger partial charge in [-0.1, -0.05) is 12.1 Å². The Morgan fingerprint density at radius 3 is 2.94 bits per heavy atom. The summed E-state index contributed by atoms with van der Waals surface area (Å²) in [6.45, 7) is 0.909. The van der Waals surface area contributed by atoms with E-state index in [9.17, 15) is 4.79 Å². The monoisotopic (exact) mass is 235 g/mol. The summed E-state index contributed by atoms with van der Waals surface area (Å²) >= 11 is 0. The van der Waals surface area contributed by atoms with Gasteiger partial charge in [-0.05, 0) is 25.0 Å². The predicted molar refractivity (Wildman–Crippen MR) is 64.3 cm³/mol.